The monoisotopic (exact) mass is 287 g/mol. The van der Waals surface area contributed by atoms with Gasteiger partial charge in [0, 0.05) is 0 Å². The third-order valence-corrected chi connectivity index (χ3v) is 0. The predicted octanol–water partition coefficient (Wildman–Crippen LogP) is -14.8. The fourth-order valence-corrected chi connectivity index (χ4v) is 0. The average molecular weight is 288 g/mol. The molecule has 0 aliphatic rings. The Labute approximate surface area is 92.8 Å². The van der Waals surface area contributed by atoms with E-state index < -0.39 is 0 Å². The third-order valence-electron chi connectivity index (χ3n) is 0. The predicted molar refractivity (Wildman–Crippen MR) is 25.3 cm³/mol. The standard InChI is InChI=1S/3ClH.Fe.7H2O/h3*1H;;7*1H2/q;;;+3;;;;;;;/p-3. The second kappa shape index (κ2) is 922. The van der Waals surface area contributed by atoms with E-state index in [4.69, 9.17) is 0 Å². The molecule has 0 amide bonds. The van der Waals surface area contributed by atoms with Crippen LogP contribution in [0, 0.1) is 0 Å². The first-order valence-electron chi connectivity index (χ1n) is 0. The Morgan fingerprint density at radius 3 is 0.273 bits per heavy atom. The number of hydrogen-bond donors (Lipinski definition) is 0. The molecule has 0 aliphatic heterocycles. The molecule has 0 aromatic carbocycles. The molecule has 7 nitrogen and oxygen atoms in total. The summed E-state index contributed by atoms with van der Waals surface area (Å²) in [5.74, 6) is 0. The third kappa shape index (κ3) is 749. The summed E-state index contributed by atoms with van der Waals surface area (Å²) >= 11 is 0. The van der Waals surface area contributed by atoms with Crippen LogP contribution in [-0.4, -0.2) is 38.3 Å². The Morgan fingerprint density at radius 1 is 0.273 bits per heavy atom. The molecule has 0 unspecified atom stereocenters. The van der Waals surface area contributed by atoms with E-state index in [1.807, 2.05) is 0 Å². The summed E-state index contributed by atoms with van der Waals surface area (Å²) < 4.78 is 0. The minimum atomic E-state index is 0. The first-order chi connectivity index (χ1) is 0. The molecule has 0 rings (SSSR count). The van der Waals surface area contributed by atoms with Crippen molar-refractivity contribution in [3.05, 3.63) is 0 Å². The van der Waals surface area contributed by atoms with Gasteiger partial charge in [0.15, 0.2) is 0 Å². The molecule has 11 heteroatoms. The Bertz CT molecular complexity index is 13.6. The first-order valence-corrected chi connectivity index (χ1v) is 0. The molecule has 85 valence electrons. The van der Waals surface area contributed by atoms with Crippen molar-refractivity contribution in [1.29, 1.82) is 0 Å². The molecular weight excluding hydrogens is 274 g/mol. The van der Waals surface area contributed by atoms with Crippen molar-refractivity contribution in [2.75, 3.05) is 0 Å². The number of rotatable bonds is 0. The number of halogens is 3. The molecule has 0 aliphatic carbocycles. The zero-order valence-electron chi connectivity index (χ0n) is 4.99. The van der Waals surface area contributed by atoms with Gasteiger partial charge in [-0.05, 0) is 0 Å². The van der Waals surface area contributed by atoms with Crippen LogP contribution < -0.4 is 37.2 Å². The molecule has 0 spiro atoms. The van der Waals surface area contributed by atoms with Crippen molar-refractivity contribution >= 4 is 0 Å². The molecule has 0 aromatic rings. The fourth-order valence-electron chi connectivity index (χ4n) is 0. The summed E-state index contributed by atoms with van der Waals surface area (Å²) in [6.45, 7) is 0. The first kappa shape index (κ1) is 1210. The van der Waals surface area contributed by atoms with E-state index in [1.165, 1.54) is 0 Å². The normalized spacial score (nSPS) is 0. The van der Waals surface area contributed by atoms with Crippen LogP contribution in [0.3, 0.4) is 0 Å². The summed E-state index contributed by atoms with van der Waals surface area (Å²) in [6.07, 6.45) is 0. The molecule has 11 heavy (non-hydrogen) atoms. The summed E-state index contributed by atoms with van der Waals surface area (Å²) in [5.41, 5.74) is 0. The Morgan fingerprint density at radius 2 is 0.273 bits per heavy atom. The van der Waals surface area contributed by atoms with Crippen molar-refractivity contribution < 1.29 is 92.6 Å². The van der Waals surface area contributed by atoms with E-state index in [-0.39, 0.29) is 92.6 Å². The molecule has 0 aromatic heterocycles. The summed E-state index contributed by atoms with van der Waals surface area (Å²) in [6, 6.07) is 0. The average Bonchev–Trinajstić information content (AvgIpc) is 0. The van der Waals surface area contributed by atoms with Gasteiger partial charge in [0.25, 0.3) is 0 Å². The molecule has 0 saturated carbocycles. The molecule has 0 bridgehead atoms. The van der Waals surface area contributed by atoms with Gasteiger partial charge in [-0.2, -0.15) is 0 Å². The zero-order valence-corrected chi connectivity index (χ0v) is 8.36. The quantitative estimate of drug-likeness (QED) is 0.379. The van der Waals surface area contributed by atoms with Gasteiger partial charge in [0.2, 0.25) is 0 Å². The summed E-state index contributed by atoms with van der Waals surface area (Å²) in [5, 5.41) is 0. The van der Waals surface area contributed by atoms with E-state index in [2.05, 4.69) is 0 Å². The second-order valence-corrected chi connectivity index (χ2v) is 0. The molecule has 0 saturated heterocycles. The van der Waals surface area contributed by atoms with Crippen LogP contribution in [0.1, 0.15) is 0 Å². The van der Waals surface area contributed by atoms with Crippen LogP contribution in [-0.2, 0) is 17.1 Å². The maximum Gasteiger partial charge on any atom is 3.00 e. The van der Waals surface area contributed by atoms with Crippen molar-refractivity contribution in [2.24, 2.45) is 0 Å². The minimum absolute atomic E-state index is 0. The second-order valence-electron chi connectivity index (χ2n) is 0. The molecule has 0 heterocycles. The number of hydrogen-bond acceptors (Lipinski definition) is 0. The van der Waals surface area contributed by atoms with Crippen LogP contribution in [0.2, 0.25) is 0 Å². The van der Waals surface area contributed by atoms with E-state index >= 15 is 0 Å². The van der Waals surface area contributed by atoms with Crippen LogP contribution in [0.5, 0.6) is 0 Å². The van der Waals surface area contributed by atoms with Crippen LogP contribution >= 0.6 is 0 Å². The Kier molecular flexibility index (Phi) is 102000. The van der Waals surface area contributed by atoms with Crippen LogP contribution in [0.15, 0.2) is 0 Å². The van der Waals surface area contributed by atoms with Crippen LogP contribution in [0.25, 0.3) is 0 Å². The molecule has 0 atom stereocenters. The van der Waals surface area contributed by atoms with Crippen molar-refractivity contribution in [3.8, 4) is 0 Å². The van der Waals surface area contributed by atoms with Crippen molar-refractivity contribution in [3.63, 3.8) is 0 Å². The van der Waals surface area contributed by atoms with Gasteiger partial charge in [0.1, 0.15) is 0 Å². The van der Waals surface area contributed by atoms with Gasteiger partial charge in [-0.3, -0.25) is 0 Å². The SMILES string of the molecule is O.O.O.O.O.O.O.[Cl-].[Cl-].[Cl-].[Fe+3]. The van der Waals surface area contributed by atoms with Gasteiger partial charge < -0.3 is 75.6 Å². The van der Waals surface area contributed by atoms with Gasteiger partial charge in [-0.25, -0.2) is 0 Å². The van der Waals surface area contributed by atoms with Crippen LogP contribution in [0.4, 0.5) is 0 Å². The van der Waals surface area contributed by atoms with Gasteiger partial charge in [-0.15, -0.1) is 0 Å². The maximum atomic E-state index is 0. The Balaban J connectivity index is 0. The molecule has 14 N–H and O–H groups in total. The fraction of sp³-hybridized carbons (Fsp3) is 0. The molecular formula is H14Cl3FeO7. The van der Waals surface area contributed by atoms with E-state index in [0.717, 1.165) is 0 Å². The van der Waals surface area contributed by atoms with E-state index in [0.29, 0.717) is 0 Å². The largest absolute Gasteiger partial charge is 3.00 e. The van der Waals surface area contributed by atoms with E-state index in [9.17, 15) is 0 Å². The smallest absolute Gasteiger partial charge is 1.00 e. The molecule has 1 radical (unpaired) electrons. The zero-order chi connectivity index (χ0) is 0. The summed E-state index contributed by atoms with van der Waals surface area (Å²) in [7, 11) is 0. The molecule has 0 fully saturated rings. The van der Waals surface area contributed by atoms with Crippen molar-refractivity contribution in [2.45, 2.75) is 0 Å². The minimum Gasteiger partial charge on any atom is -1.00 e. The maximum absolute atomic E-state index is 0. The van der Waals surface area contributed by atoms with Crippen molar-refractivity contribution in [1.82, 2.24) is 0 Å². The topological polar surface area (TPSA) is 220 Å². The Hall–Kier alpha value is 1.11. The van der Waals surface area contributed by atoms with Gasteiger partial charge >= 0.3 is 17.1 Å². The van der Waals surface area contributed by atoms with Gasteiger partial charge in [0.05, 0.1) is 0 Å². The van der Waals surface area contributed by atoms with E-state index in [1.54, 1.807) is 0 Å². The van der Waals surface area contributed by atoms with Gasteiger partial charge in [-0.1, -0.05) is 0 Å². The summed E-state index contributed by atoms with van der Waals surface area (Å²) in [4.78, 5) is 0.